The molecule has 0 bridgehead atoms. The number of nitrogens with one attached hydrogen (secondary N) is 1. The molecular weight excluding hydrogens is 271 g/mol. The van der Waals surface area contributed by atoms with Crippen LogP contribution in [0.1, 0.15) is 21.5 Å². The Bertz CT molecular complexity index is 644. The van der Waals surface area contributed by atoms with E-state index in [1.165, 1.54) is 13.2 Å². The van der Waals surface area contributed by atoms with Gasteiger partial charge in [-0.25, -0.2) is 4.39 Å². The van der Waals surface area contributed by atoms with Crippen LogP contribution in [0.5, 0.6) is 5.75 Å². The molecule has 110 valence electrons. The molecule has 0 spiro atoms. The summed E-state index contributed by atoms with van der Waals surface area (Å²) < 4.78 is 18.4. The lowest BCUT2D eigenvalue weighted by Crippen LogP contribution is -2.15. The molecule has 3 N–H and O–H groups in total. The van der Waals surface area contributed by atoms with E-state index in [0.29, 0.717) is 18.7 Å². The predicted molar refractivity (Wildman–Crippen MR) is 78.5 cm³/mol. The van der Waals surface area contributed by atoms with E-state index in [-0.39, 0.29) is 11.6 Å². The van der Waals surface area contributed by atoms with Gasteiger partial charge in [-0.3, -0.25) is 4.79 Å². The van der Waals surface area contributed by atoms with Crippen molar-refractivity contribution in [3.05, 3.63) is 65.0 Å². The molecule has 2 aromatic rings. The van der Waals surface area contributed by atoms with Crippen molar-refractivity contribution in [2.75, 3.05) is 7.11 Å². The molecule has 0 aliphatic rings. The average molecular weight is 288 g/mol. The Kier molecular flexibility index (Phi) is 4.90. The fourth-order valence-corrected chi connectivity index (χ4v) is 2.01. The highest BCUT2D eigenvalue weighted by molar-refractivity contribution is 5.92. The Labute approximate surface area is 122 Å². The number of primary amides is 1. The number of carbonyl (C=O) groups is 1. The van der Waals surface area contributed by atoms with E-state index in [4.69, 9.17) is 10.5 Å². The van der Waals surface area contributed by atoms with Gasteiger partial charge in [0, 0.05) is 18.7 Å². The van der Waals surface area contributed by atoms with E-state index in [0.717, 1.165) is 11.1 Å². The zero-order valence-electron chi connectivity index (χ0n) is 11.7. The van der Waals surface area contributed by atoms with E-state index in [1.807, 2.05) is 6.07 Å². The summed E-state index contributed by atoms with van der Waals surface area (Å²) in [5.41, 5.74) is 7.47. The van der Waals surface area contributed by atoms with Crippen molar-refractivity contribution in [1.82, 2.24) is 5.32 Å². The van der Waals surface area contributed by atoms with Crippen molar-refractivity contribution in [1.29, 1.82) is 0 Å². The van der Waals surface area contributed by atoms with Gasteiger partial charge in [0.2, 0.25) is 5.91 Å². The quantitative estimate of drug-likeness (QED) is 0.856. The zero-order chi connectivity index (χ0) is 15.2. The lowest BCUT2D eigenvalue weighted by Gasteiger charge is -2.08. The first kappa shape index (κ1) is 15.0. The van der Waals surface area contributed by atoms with Crippen molar-refractivity contribution in [3.63, 3.8) is 0 Å². The van der Waals surface area contributed by atoms with Crippen LogP contribution in [0.3, 0.4) is 0 Å². The second-order valence-corrected chi connectivity index (χ2v) is 4.64. The summed E-state index contributed by atoms with van der Waals surface area (Å²) in [6.45, 7) is 1.08. The highest BCUT2D eigenvalue weighted by Gasteiger charge is 2.04. The molecule has 0 aliphatic heterocycles. The van der Waals surface area contributed by atoms with Gasteiger partial charge in [-0.2, -0.15) is 0 Å². The maximum atomic E-state index is 13.5. The fourth-order valence-electron chi connectivity index (χ4n) is 2.01. The Balaban J connectivity index is 1.93. The predicted octanol–water partition coefficient (Wildman–Crippen LogP) is 2.22. The van der Waals surface area contributed by atoms with Crippen molar-refractivity contribution in [2.45, 2.75) is 13.1 Å². The minimum absolute atomic E-state index is 0.230. The molecule has 0 radical (unpaired) electrons. The third kappa shape index (κ3) is 4.03. The van der Waals surface area contributed by atoms with E-state index < -0.39 is 5.91 Å². The first-order valence-electron chi connectivity index (χ1n) is 6.52. The van der Waals surface area contributed by atoms with E-state index in [2.05, 4.69) is 5.32 Å². The molecule has 1 amide bonds. The first-order valence-corrected chi connectivity index (χ1v) is 6.52. The van der Waals surface area contributed by atoms with E-state index in [9.17, 15) is 9.18 Å². The van der Waals surface area contributed by atoms with Gasteiger partial charge in [-0.15, -0.1) is 0 Å². The normalized spacial score (nSPS) is 10.4. The fraction of sp³-hybridized carbons (Fsp3) is 0.188. The SMILES string of the molecule is COc1ccc(CNCc2cccc(C(N)=O)c2)cc1F. The van der Waals surface area contributed by atoms with Crippen LogP contribution in [0.15, 0.2) is 42.5 Å². The Morgan fingerprint density at radius 1 is 1.19 bits per heavy atom. The summed E-state index contributed by atoms with van der Waals surface area (Å²) in [6.07, 6.45) is 0. The number of carbonyl (C=O) groups excluding carboxylic acids is 1. The number of nitrogens with two attached hydrogens (primary N) is 1. The largest absolute Gasteiger partial charge is 0.494 e. The third-order valence-corrected chi connectivity index (χ3v) is 3.09. The number of halogens is 1. The number of hydrogen-bond acceptors (Lipinski definition) is 3. The second kappa shape index (κ2) is 6.85. The van der Waals surface area contributed by atoms with Crippen molar-refractivity contribution in [3.8, 4) is 5.75 Å². The molecule has 4 nitrogen and oxygen atoms in total. The molecule has 0 saturated carbocycles. The Hall–Kier alpha value is -2.40. The van der Waals surface area contributed by atoms with Gasteiger partial charge in [-0.1, -0.05) is 18.2 Å². The molecule has 0 saturated heterocycles. The minimum atomic E-state index is -0.450. The number of benzene rings is 2. The highest BCUT2D eigenvalue weighted by atomic mass is 19.1. The summed E-state index contributed by atoms with van der Waals surface area (Å²) in [4.78, 5) is 11.1. The van der Waals surface area contributed by atoms with Gasteiger partial charge >= 0.3 is 0 Å². The average Bonchev–Trinajstić information content (AvgIpc) is 2.48. The van der Waals surface area contributed by atoms with Gasteiger partial charge in [0.15, 0.2) is 11.6 Å². The molecular formula is C16H17FN2O2. The van der Waals surface area contributed by atoms with Crippen LogP contribution in [0.25, 0.3) is 0 Å². The number of ether oxygens (including phenoxy) is 1. The molecule has 0 fully saturated rings. The Morgan fingerprint density at radius 2 is 1.90 bits per heavy atom. The molecule has 0 aliphatic carbocycles. The topological polar surface area (TPSA) is 64.3 Å². The Morgan fingerprint density at radius 3 is 2.52 bits per heavy atom. The summed E-state index contributed by atoms with van der Waals surface area (Å²) in [6, 6.07) is 11.9. The van der Waals surface area contributed by atoms with Crippen molar-refractivity contribution in [2.24, 2.45) is 5.73 Å². The molecule has 5 heteroatoms. The minimum Gasteiger partial charge on any atom is -0.494 e. The van der Waals surface area contributed by atoms with Crippen LogP contribution in [-0.4, -0.2) is 13.0 Å². The van der Waals surface area contributed by atoms with Crippen LogP contribution < -0.4 is 15.8 Å². The summed E-state index contributed by atoms with van der Waals surface area (Å²) in [5, 5.41) is 3.19. The lowest BCUT2D eigenvalue weighted by molar-refractivity contribution is 0.1000. The number of hydrogen-bond donors (Lipinski definition) is 2. The van der Waals surface area contributed by atoms with Crippen LogP contribution in [0, 0.1) is 5.82 Å². The number of amides is 1. The van der Waals surface area contributed by atoms with Crippen LogP contribution in [0.2, 0.25) is 0 Å². The summed E-state index contributed by atoms with van der Waals surface area (Å²) >= 11 is 0. The zero-order valence-corrected chi connectivity index (χ0v) is 11.7. The molecule has 2 aromatic carbocycles. The van der Waals surface area contributed by atoms with Crippen LogP contribution >= 0.6 is 0 Å². The smallest absolute Gasteiger partial charge is 0.248 e. The highest BCUT2D eigenvalue weighted by Crippen LogP contribution is 2.17. The monoisotopic (exact) mass is 288 g/mol. The maximum Gasteiger partial charge on any atom is 0.248 e. The second-order valence-electron chi connectivity index (χ2n) is 4.64. The standard InChI is InChI=1S/C16H17FN2O2/c1-21-15-6-5-12(8-14(15)17)10-19-9-11-3-2-4-13(7-11)16(18)20/h2-8,19H,9-10H2,1H3,(H2,18,20). The molecule has 0 unspecified atom stereocenters. The van der Waals surface area contributed by atoms with Crippen LogP contribution in [0.4, 0.5) is 4.39 Å². The van der Waals surface area contributed by atoms with Gasteiger partial charge in [0.05, 0.1) is 7.11 Å². The lowest BCUT2D eigenvalue weighted by atomic mass is 10.1. The molecule has 0 heterocycles. The van der Waals surface area contributed by atoms with Crippen LogP contribution in [-0.2, 0) is 13.1 Å². The van der Waals surface area contributed by atoms with Gasteiger partial charge in [0.25, 0.3) is 0 Å². The molecule has 0 aromatic heterocycles. The van der Waals surface area contributed by atoms with Gasteiger partial charge < -0.3 is 15.8 Å². The summed E-state index contributed by atoms with van der Waals surface area (Å²) in [7, 11) is 1.43. The molecule has 2 rings (SSSR count). The van der Waals surface area contributed by atoms with Crippen molar-refractivity contribution < 1.29 is 13.9 Å². The van der Waals surface area contributed by atoms with Gasteiger partial charge in [0.1, 0.15) is 0 Å². The van der Waals surface area contributed by atoms with E-state index >= 15 is 0 Å². The maximum absolute atomic E-state index is 13.5. The summed E-state index contributed by atoms with van der Waals surface area (Å²) in [5.74, 6) is -0.602. The van der Waals surface area contributed by atoms with Gasteiger partial charge in [-0.05, 0) is 35.4 Å². The van der Waals surface area contributed by atoms with E-state index in [1.54, 1.807) is 30.3 Å². The number of methoxy groups -OCH3 is 1. The first-order chi connectivity index (χ1) is 10.1. The molecule has 21 heavy (non-hydrogen) atoms. The van der Waals surface area contributed by atoms with Crippen molar-refractivity contribution >= 4 is 5.91 Å². The number of rotatable bonds is 6. The third-order valence-electron chi connectivity index (χ3n) is 3.09. The molecule has 0 atom stereocenters.